The van der Waals surface area contributed by atoms with Crippen molar-refractivity contribution in [2.75, 3.05) is 18.9 Å². The van der Waals surface area contributed by atoms with E-state index in [4.69, 9.17) is 19.9 Å². The molecule has 0 spiro atoms. The van der Waals surface area contributed by atoms with E-state index in [-0.39, 0.29) is 36.9 Å². The van der Waals surface area contributed by atoms with Crippen LogP contribution in [0.3, 0.4) is 0 Å². The minimum absolute atomic E-state index is 0.00963. The molecule has 11 nitrogen and oxygen atoms in total. The summed E-state index contributed by atoms with van der Waals surface area (Å²) in [6, 6.07) is 4.91. The van der Waals surface area contributed by atoms with Crippen LogP contribution in [0.4, 0.5) is 19.4 Å². The van der Waals surface area contributed by atoms with E-state index in [2.05, 4.69) is 10.1 Å². The Morgan fingerprint density at radius 1 is 1.32 bits per heavy atom. The van der Waals surface area contributed by atoms with E-state index in [9.17, 15) is 29.1 Å². The van der Waals surface area contributed by atoms with E-state index >= 15 is 0 Å². The van der Waals surface area contributed by atoms with Crippen LogP contribution in [0.2, 0.25) is 0 Å². The van der Waals surface area contributed by atoms with Gasteiger partial charge in [-0.1, -0.05) is 0 Å². The van der Waals surface area contributed by atoms with Gasteiger partial charge in [0, 0.05) is 12.8 Å². The zero-order valence-corrected chi connectivity index (χ0v) is 18.1. The average Bonchev–Trinajstić information content (AvgIpc) is 3.32. The molecule has 0 unspecified atom stereocenters. The first-order valence-corrected chi connectivity index (χ1v) is 10.9. The van der Waals surface area contributed by atoms with Crippen molar-refractivity contribution in [1.82, 2.24) is 14.6 Å². The number of aromatic nitrogens is 3. The molecule has 1 saturated carbocycles. The van der Waals surface area contributed by atoms with Crippen molar-refractivity contribution in [3.8, 4) is 6.07 Å². The Balaban J connectivity index is 1.28. The van der Waals surface area contributed by atoms with Crippen LogP contribution in [0.1, 0.15) is 37.8 Å². The molecule has 1 aliphatic carbocycles. The lowest BCUT2D eigenvalue weighted by molar-refractivity contribution is -0.112. The van der Waals surface area contributed by atoms with E-state index in [1.54, 1.807) is 6.07 Å². The minimum Gasteiger partial charge on any atom is -0.434 e. The van der Waals surface area contributed by atoms with Crippen LogP contribution in [-0.4, -0.2) is 68.4 Å². The Morgan fingerprint density at radius 3 is 2.79 bits per heavy atom. The van der Waals surface area contributed by atoms with Crippen LogP contribution < -0.4 is 5.73 Å². The smallest absolute Gasteiger partial charge is 0.434 e. The molecule has 4 rings (SSSR count). The quantitative estimate of drug-likeness (QED) is 0.372. The topological polar surface area (TPSA) is 165 Å². The Bertz CT molecular complexity index is 1080. The van der Waals surface area contributed by atoms with Crippen LogP contribution in [-0.2, 0) is 19.8 Å². The van der Waals surface area contributed by atoms with E-state index in [1.165, 1.54) is 16.9 Å². The highest BCUT2D eigenvalue weighted by atomic mass is 19.3. The van der Waals surface area contributed by atoms with Gasteiger partial charge < -0.3 is 30.2 Å². The van der Waals surface area contributed by atoms with Crippen LogP contribution >= 0.6 is 0 Å². The molecule has 2 fully saturated rings. The summed E-state index contributed by atoms with van der Waals surface area (Å²) in [5.74, 6) is -2.38. The van der Waals surface area contributed by atoms with Gasteiger partial charge in [-0.3, -0.25) is 0 Å². The SMILES string of the molecule is N#C[C@@]1(c2ccc3c(N)ncnn23)O[C@H](COC(=O)OCCCCC2CC(F)(F)C2)[C@@H](O)[C@H]1O. The maximum atomic E-state index is 12.8. The van der Waals surface area contributed by atoms with Gasteiger partial charge in [-0.05, 0) is 37.3 Å². The van der Waals surface area contributed by atoms with Gasteiger partial charge in [0.15, 0.2) is 5.82 Å². The first-order chi connectivity index (χ1) is 16.2. The zero-order chi connectivity index (χ0) is 24.5. The van der Waals surface area contributed by atoms with E-state index in [0.29, 0.717) is 24.8 Å². The zero-order valence-electron chi connectivity index (χ0n) is 18.1. The summed E-state index contributed by atoms with van der Waals surface area (Å²) < 4.78 is 42.5. The molecule has 34 heavy (non-hydrogen) atoms. The number of ether oxygens (including phenoxy) is 3. The fraction of sp³-hybridized carbons (Fsp3) is 0.619. The molecule has 4 N–H and O–H groups in total. The fourth-order valence-electron chi connectivity index (χ4n) is 4.42. The van der Waals surface area contributed by atoms with Crippen molar-refractivity contribution in [3.63, 3.8) is 0 Å². The van der Waals surface area contributed by atoms with Crippen LogP contribution in [0.5, 0.6) is 0 Å². The molecule has 184 valence electrons. The Labute approximate surface area is 193 Å². The highest BCUT2D eigenvalue weighted by molar-refractivity contribution is 5.66. The molecule has 0 amide bonds. The van der Waals surface area contributed by atoms with Crippen molar-refractivity contribution in [2.24, 2.45) is 5.92 Å². The number of nitrogens with two attached hydrogens (primary N) is 1. The third kappa shape index (κ3) is 4.48. The van der Waals surface area contributed by atoms with E-state index in [1.807, 2.05) is 6.07 Å². The molecular weight excluding hydrogens is 456 g/mol. The number of rotatable bonds is 8. The van der Waals surface area contributed by atoms with Gasteiger partial charge in [-0.2, -0.15) is 10.4 Å². The number of carbonyl (C=O) groups excluding carboxylic acids is 1. The Morgan fingerprint density at radius 2 is 2.09 bits per heavy atom. The van der Waals surface area contributed by atoms with Crippen LogP contribution in [0.15, 0.2) is 18.5 Å². The van der Waals surface area contributed by atoms with Crippen LogP contribution in [0, 0.1) is 17.2 Å². The van der Waals surface area contributed by atoms with E-state index in [0.717, 1.165) is 0 Å². The van der Waals surface area contributed by atoms with Gasteiger partial charge in [-0.25, -0.2) is 23.1 Å². The number of hydrogen-bond donors (Lipinski definition) is 3. The molecular formula is C21H25F2N5O6. The van der Waals surface area contributed by atoms with Gasteiger partial charge in [-0.15, -0.1) is 0 Å². The molecule has 0 bridgehead atoms. The van der Waals surface area contributed by atoms with Gasteiger partial charge in [0.25, 0.3) is 0 Å². The van der Waals surface area contributed by atoms with Gasteiger partial charge in [0.05, 0.1) is 12.3 Å². The molecule has 2 aliphatic rings. The molecule has 2 aromatic rings. The maximum Gasteiger partial charge on any atom is 0.508 e. The summed E-state index contributed by atoms with van der Waals surface area (Å²) in [7, 11) is 0. The van der Waals surface area contributed by atoms with E-state index < -0.39 is 42.6 Å². The number of nitriles is 1. The first-order valence-electron chi connectivity index (χ1n) is 10.9. The molecule has 13 heteroatoms. The van der Waals surface area contributed by atoms with Crippen molar-refractivity contribution in [1.29, 1.82) is 5.26 Å². The second kappa shape index (κ2) is 9.28. The summed E-state index contributed by atoms with van der Waals surface area (Å²) in [6.07, 6.45) is -2.65. The summed E-state index contributed by atoms with van der Waals surface area (Å²) in [5.41, 5.74) is 4.32. The average molecular weight is 481 g/mol. The summed E-state index contributed by atoms with van der Waals surface area (Å²) in [5, 5.41) is 35.0. The molecule has 2 aromatic heterocycles. The number of aliphatic hydroxyl groups is 2. The second-order valence-corrected chi connectivity index (χ2v) is 8.64. The number of carbonyl (C=O) groups is 1. The number of unbranched alkanes of at least 4 members (excludes halogenated alkanes) is 1. The Kier molecular flexibility index (Phi) is 6.57. The molecule has 0 aromatic carbocycles. The largest absolute Gasteiger partial charge is 0.508 e. The van der Waals surface area contributed by atoms with Gasteiger partial charge >= 0.3 is 6.16 Å². The second-order valence-electron chi connectivity index (χ2n) is 8.64. The van der Waals surface area contributed by atoms with Gasteiger partial charge in [0.1, 0.15) is 42.8 Å². The number of hydrogen-bond acceptors (Lipinski definition) is 10. The normalized spacial score (nSPS) is 28.4. The summed E-state index contributed by atoms with van der Waals surface area (Å²) >= 11 is 0. The van der Waals surface area contributed by atoms with Crippen molar-refractivity contribution in [2.45, 2.75) is 61.9 Å². The monoisotopic (exact) mass is 481 g/mol. The highest BCUT2D eigenvalue weighted by Crippen LogP contribution is 2.44. The number of halogens is 2. The predicted octanol–water partition coefficient (Wildman–Crippen LogP) is 1.52. The number of nitrogen functional groups attached to an aromatic ring is 1. The van der Waals surface area contributed by atoms with Gasteiger partial charge in [0.2, 0.25) is 11.5 Å². The first kappa shape index (κ1) is 24.1. The standard InChI is InChI=1S/C21H25F2N5O6/c22-20(23)7-12(8-20)3-1-2-6-32-19(31)33-9-14-16(29)17(30)21(10-24,34-14)15-5-4-13-18(25)26-11-27-28(13)15/h4-5,11-12,14,16-17,29-30H,1-3,6-9H2,(H2,25,26,27)/t14-,16-,17-,21+/m1/s1. The molecule has 3 heterocycles. The molecule has 4 atom stereocenters. The van der Waals surface area contributed by atoms with Crippen molar-refractivity contribution < 1.29 is 38.0 Å². The molecule has 1 saturated heterocycles. The summed E-state index contributed by atoms with van der Waals surface area (Å²) in [6.45, 7) is -0.421. The maximum absolute atomic E-state index is 12.8. The summed E-state index contributed by atoms with van der Waals surface area (Å²) in [4.78, 5) is 15.7. The molecule has 1 aliphatic heterocycles. The third-order valence-electron chi connectivity index (χ3n) is 6.25. The van der Waals surface area contributed by atoms with Crippen LogP contribution in [0.25, 0.3) is 5.52 Å². The van der Waals surface area contributed by atoms with Crippen molar-refractivity contribution >= 4 is 17.5 Å². The van der Waals surface area contributed by atoms with Crippen molar-refractivity contribution in [3.05, 3.63) is 24.2 Å². The predicted molar refractivity (Wildman–Crippen MR) is 110 cm³/mol. The Hall–Kier alpha value is -3.08. The lowest BCUT2D eigenvalue weighted by Crippen LogP contribution is -2.41. The lowest BCUT2D eigenvalue weighted by Gasteiger charge is -2.34. The number of aliphatic hydroxyl groups excluding tert-OH is 2. The third-order valence-corrected chi connectivity index (χ3v) is 6.25. The lowest BCUT2D eigenvalue weighted by atomic mass is 9.78. The highest BCUT2D eigenvalue weighted by Gasteiger charge is 2.58. The fourth-order valence-corrected chi connectivity index (χ4v) is 4.42. The number of alkyl halides is 2. The number of nitrogens with zero attached hydrogens (tertiary/aromatic N) is 4. The number of anilines is 1. The molecule has 0 radical (unpaired) electrons. The minimum atomic E-state index is -2.54. The number of fused-ring (bicyclic) bond motifs is 1.